The van der Waals surface area contributed by atoms with Crippen LogP contribution in [0.2, 0.25) is 0 Å². The van der Waals surface area contributed by atoms with E-state index in [1.54, 1.807) is 11.3 Å². The molecule has 0 spiro atoms. The third-order valence-corrected chi connectivity index (χ3v) is 4.44. The van der Waals surface area contributed by atoms with Crippen molar-refractivity contribution in [1.29, 1.82) is 0 Å². The van der Waals surface area contributed by atoms with Crippen molar-refractivity contribution in [3.8, 4) is 10.7 Å². The zero-order valence-corrected chi connectivity index (χ0v) is 12.7. The summed E-state index contributed by atoms with van der Waals surface area (Å²) in [6, 6.07) is 4.18. The summed E-state index contributed by atoms with van der Waals surface area (Å²) >= 11 is 1.72. The molecule has 0 atom stereocenters. The molecule has 1 saturated heterocycles. The molecule has 0 radical (unpaired) electrons. The molecule has 0 aromatic carbocycles. The average molecular weight is 289 g/mol. The summed E-state index contributed by atoms with van der Waals surface area (Å²) in [5.41, 5.74) is 0. The summed E-state index contributed by atoms with van der Waals surface area (Å²) in [7, 11) is 1.85. The maximum absolute atomic E-state index is 4.66. The largest absolute Gasteiger partial charge is 0.357 e. The lowest BCUT2D eigenvalue weighted by Gasteiger charge is -2.26. The first-order valence-corrected chi connectivity index (χ1v) is 7.83. The van der Waals surface area contributed by atoms with Crippen LogP contribution in [0.3, 0.4) is 0 Å². The second kappa shape index (κ2) is 5.75. The van der Waals surface area contributed by atoms with Crippen LogP contribution in [0.25, 0.3) is 10.7 Å². The Morgan fingerprint density at radius 2 is 1.90 bits per heavy atom. The molecule has 1 aliphatic rings. The lowest BCUT2D eigenvalue weighted by Crippen LogP contribution is -2.31. The Morgan fingerprint density at radius 1 is 1.10 bits per heavy atom. The molecule has 1 aliphatic heterocycles. The molecule has 1 fully saturated rings. The van der Waals surface area contributed by atoms with Gasteiger partial charge in [0.05, 0.1) is 4.88 Å². The van der Waals surface area contributed by atoms with Crippen LogP contribution in [0.1, 0.15) is 24.1 Å². The Morgan fingerprint density at radius 3 is 2.55 bits per heavy atom. The number of hydrogen-bond acceptors (Lipinski definition) is 6. The van der Waals surface area contributed by atoms with Crippen molar-refractivity contribution in [3.05, 3.63) is 17.0 Å². The Hall–Kier alpha value is -1.69. The fraction of sp³-hybridized carbons (Fsp3) is 0.500. The van der Waals surface area contributed by atoms with Gasteiger partial charge in [0, 0.05) is 25.0 Å². The van der Waals surface area contributed by atoms with Crippen molar-refractivity contribution >= 4 is 23.2 Å². The smallest absolute Gasteiger partial charge is 0.230 e. The fourth-order valence-electron chi connectivity index (χ4n) is 2.38. The van der Waals surface area contributed by atoms with Crippen molar-refractivity contribution in [1.82, 2.24) is 15.0 Å². The van der Waals surface area contributed by atoms with Gasteiger partial charge in [-0.25, -0.2) is 0 Å². The van der Waals surface area contributed by atoms with E-state index in [-0.39, 0.29) is 0 Å². The first-order valence-electron chi connectivity index (χ1n) is 7.02. The summed E-state index contributed by atoms with van der Waals surface area (Å²) in [6.45, 7) is 4.17. The van der Waals surface area contributed by atoms with Gasteiger partial charge in [0.15, 0.2) is 5.82 Å². The highest BCUT2D eigenvalue weighted by atomic mass is 32.1. The highest BCUT2D eigenvalue weighted by Crippen LogP contribution is 2.27. The Kier molecular flexibility index (Phi) is 3.82. The normalized spacial score (nSPS) is 15.4. The fourth-order valence-corrected chi connectivity index (χ4v) is 3.18. The molecule has 6 heteroatoms. The van der Waals surface area contributed by atoms with Crippen LogP contribution in [-0.4, -0.2) is 35.1 Å². The molecule has 0 saturated carbocycles. The van der Waals surface area contributed by atoms with E-state index in [2.05, 4.69) is 44.2 Å². The molecule has 0 unspecified atom stereocenters. The molecular formula is C14H19N5S. The molecule has 106 valence electrons. The summed E-state index contributed by atoms with van der Waals surface area (Å²) < 4.78 is 0. The van der Waals surface area contributed by atoms with Crippen LogP contribution < -0.4 is 10.2 Å². The van der Waals surface area contributed by atoms with Gasteiger partial charge in [0.1, 0.15) is 0 Å². The van der Waals surface area contributed by atoms with E-state index < -0.39 is 0 Å². The van der Waals surface area contributed by atoms with Gasteiger partial charge in [-0.05, 0) is 38.3 Å². The van der Waals surface area contributed by atoms with Crippen molar-refractivity contribution < 1.29 is 0 Å². The van der Waals surface area contributed by atoms with Crippen LogP contribution in [0.15, 0.2) is 12.1 Å². The van der Waals surface area contributed by atoms with E-state index in [0.29, 0.717) is 5.95 Å². The predicted octanol–water partition coefficient (Wildman–Crippen LogP) is 2.94. The van der Waals surface area contributed by atoms with Gasteiger partial charge in [-0.3, -0.25) is 0 Å². The number of aromatic nitrogens is 3. The van der Waals surface area contributed by atoms with Crippen LogP contribution in [0, 0.1) is 6.92 Å². The van der Waals surface area contributed by atoms with Gasteiger partial charge < -0.3 is 10.2 Å². The monoisotopic (exact) mass is 289 g/mol. The van der Waals surface area contributed by atoms with Crippen molar-refractivity contribution in [2.45, 2.75) is 26.2 Å². The van der Waals surface area contributed by atoms with E-state index in [9.17, 15) is 0 Å². The van der Waals surface area contributed by atoms with Gasteiger partial charge >= 0.3 is 0 Å². The highest BCUT2D eigenvalue weighted by Gasteiger charge is 2.17. The third kappa shape index (κ3) is 2.75. The van der Waals surface area contributed by atoms with Gasteiger partial charge in [0.25, 0.3) is 0 Å². The second-order valence-corrected chi connectivity index (χ2v) is 6.28. The average Bonchev–Trinajstić information content (AvgIpc) is 2.94. The van der Waals surface area contributed by atoms with E-state index in [1.807, 2.05) is 7.05 Å². The van der Waals surface area contributed by atoms with Crippen LogP contribution in [-0.2, 0) is 0 Å². The number of anilines is 2. The number of piperidine rings is 1. The quantitative estimate of drug-likeness (QED) is 0.941. The van der Waals surface area contributed by atoms with Gasteiger partial charge in [-0.2, -0.15) is 15.0 Å². The number of rotatable bonds is 3. The van der Waals surface area contributed by atoms with E-state index in [4.69, 9.17) is 0 Å². The molecule has 2 aromatic rings. The lowest BCUT2D eigenvalue weighted by atomic mass is 10.1. The zero-order chi connectivity index (χ0) is 13.9. The molecule has 5 nitrogen and oxygen atoms in total. The zero-order valence-electron chi connectivity index (χ0n) is 11.9. The first-order chi connectivity index (χ1) is 9.76. The topological polar surface area (TPSA) is 53.9 Å². The number of nitrogens with one attached hydrogen (secondary N) is 1. The minimum atomic E-state index is 0.640. The summed E-state index contributed by atoms with van der Waals surface area (Å²) in [6.07, 6.45) is 3.74. The third-order valence-electron chi connectivity index (χ3n) is 3.45. The second-order valence-electron chi connectivity index (χ2n) is 4.99. The summed E-state index contributed by atoms with van der Waals surface area (Å²) in [4.78, 5) is 18.3. The van der Waals surface area contributed by atoms with Crippen LogP contribution in [0.4, 0.5) is 11.9 Å². The highest BCUT2D eigenvalue weighted by molar-refractivity contribution is 7.15. The molecule has 3 heterocycles. The van der Waals surface area contributed by atoms with Gasteiger partial charge in [-0.15, -0.1) is 11.3 Å². The minimum absolute atomic E-state index is 0.640. The van der Waals surface area contributed by atoms with Gasteiger partial charge in [0.2, 0.25) is 11.9 Å². The van der Waals surface area contributed by atoms with E-state index in [0.717, 1.165) is 29.7 Å². The van der Waals surface area contributed by atoms with E-state index >= 15 is 0 Å². The number of hydrogen-bond donors (Lipinski definition) is 1. The molecular weight excluding hydrogens is 270 g/mol. The molecule has 0 aliphatic carbocycles. The van der Waals surface area contributed by atoms with E-state index in [1.165, 1.54) is 24.1 Å². The predicted molar refractivity (Wildman–Crippen MR) is 83.5 cm³/mol. The first kappa shape index (κ1) is 13.3. The summed E-state index contributed by atoms with van der Waals surface area (Å²) in [5, 5.41) is 3.04. The SMILES string of the molecule is CNc1nc(-c2ccc(C)s2)nc(N2CCCCC2)n1. The molecule has 2 aromatic heterocycles. The van der Waals surface area contributed by atoms with Crippen molar-refractivity contribution in [2.75, 3.05) is 30.4 Å². The van der Waals surface area contributed by atoms with Crippen LogP contribution >= 0.6 is 11.3 Å². The number of aryl methyl sites for hydroxylation is 1. The van der Waals surface area contributed by atoms with Gasteiger partial charge in [-0.1, -0.05) is 0 Å². The number of thiophene rings is 1. The summed E-state index contributed by atoms with van der Waals surface area (Å²) in [5.74, 6) is 2.20. The van der Waals surface area contributed by atoms with Crippen LogP contribution in [0.5, 0.6) is 0 Å². The molecule has 0 bridgehead atoms. The Bertz CT molecular complexity index is 589. The molecule has 0 amide bonds. The maximum Gasteiger partial charge on any atom is 0.230 e. The molecule has 3 rings (SSSR count). The van der Waals surface area contributed by atoms with Crippen molar-refractivity contribution in [3.63, 3.8) is 0 Å². The maximum atomic E-state index is 4.66. The lowest BCUT2D eigenvalue weighted by molar-refractivity contribution is 0.568. The minimum Gasteiger partial charge on any atom is -0.357 e. The Balaban J connectivity index is 1.97. The molecule has 20 heavy (non-hydrogen) atoms. The number of nitrogens with zero attached hydrogens (tertiary/aromatic N) is 4. The van der Waals surface area contributed by atoms with Crippen molar-refractivity contribution in [2.24, 2.45) is 0 Å². The molecule has 1 N–H and O–H groups in total. The Labute approximate surface area is 123 Å². The standard InChI is InChI=1S/C14H19N5S/c1-10-6-7-11(20-10)12-16-13(15-2)18-14(17-12)19-8-4-3-5-9-19/h6-7H,3-5,8-9H2,1-2H3,(H,15,16,17,18).